The van der Waals surface area contributed by atoms with E-state index in [1.165, 1.54) is 83.5 Å². The first-order valence-corrected chi connectivity index (χ1v) is 15.3. The predicted molar refractivity (Wildman–Crippen MR) is 135 cm³/mol. The minimum Gasteiger partial charge on any atom is -0.395 e. The Bertz CT molecular complexity index is 447. The molecular formula is C23H49BrNO6P. The van der Waals surface area contributed by atoms with Gasteiger partial charge in [-0.1, -0.05) is 119 Å². The lowest BCUT2D eigenvalue weighted by molar-refractivity contribution is -0.116. The lowest BCUT2D eigenvalue weighted by Gasteiger charge is -2.24. The molecule has 0 amide bonds. The molecule has 0 heterocycles. The zero-order valence-electron chi connectivity index (χ0n) is 20.2. The van der Waals surface area contributed by atoms with Crippen molar-refractivity contribution in [2.75, 3.05) is 25.2 Å². The highest BCUT2D eigenvalue weighted by Crippen LogP contribution is 2.45. The Morgan fingerprint density at radius 2 is 1.25 bits per heavy atom. The van der Waals surface area contributed by atoms with Crippen LogP contribution in [0.15, 0.2) is 0 Å². The van der Waals surface area contributed by atoms with Crippen LogP contribution in [0.2, 0.25) is 0 Å². The Balaban J connectivity index is 3.60. The number of alkyl halides is 1. The summed E-state index contributed by atoms with van der Waals surface area (Å²) < 4.78 is 27.1. The first-order chi connectivity index (χ1) is 15.5. The van der Waals surface area contributed by atoms with Crippen molar-refractivity contribution in [3.8, 4) is 0 Å². The summed E-state index contributed by atoms with van der Waals surface area (Å²) in [4.78, 5) is 9.68. The smallest absolute Gasteiger partial charge is 0.395 e. The van der Waals surface area contributed by atoms with Crippen molar-refractivity contribution in [3.05, 3.63) is 0 Å². The number of aliphatic hydroxyl groups is 1. The molecule has 3 atom stereocenters. The van der Waals surface area contributed by atoms with Gasteiger partial charge in [-0.25, -0.2) is 4.57 Å². The molecule has 194 valence electrons. The Morgan fingerprint density at radius 3 is 1.66 bits per heavy atom. The molecule has 0 aliphatic heterocycles. The number of ether oxygens (including phenoxy) is 1. The van der Waals surface area contributed by atoms with Gasteiger partial charge in [-0.3, -0.25) is 9.05 Å². The summed E-state index contributed by atoms with van der Waals surface area (Å²) in [6.45, 7) is 2.23. The van der Waals surface area contributed by atoms with Crippen molar-refractivity contribution in [3.63, 3.8) is 0 Å². The predicted octanol–water partition coefficient (Wildman–Crippen LogP) is 6.44. The van der Waals surface area contributed by atoms with Gasteiger partial charge in [0.1, 0.15) is 0 Å². The third kappa shape index (κ3) is 21.0. The van der Waals surface area contributed by atoms with Crippen LogP contribution in [-0.4, -0.2) is 47.5 Å². The van der Waals surface area contributed by atoms with Crippen molar-refractivity contribution in [1.82, 2.24) is 0 Å². The lowest BCUT2D eigenvalue weighted by Crippen LogP contribution is -2.41. The van der Waals surface area contributed by atoms with E-state index in [2.05, 4.69) is 22.9 Å². The number of halogens is 1. The number of hydrogen-bond donors (Lipinski definition) is 3. The van der Waals surface area contributed by atoms with E-state index in [1.54, 1.807) is 0 Å². The molecule has 7 nitrogen and oxygen atoms in total. The Morgan fingerprint density at radius 1 is 0.812 bits per heavy atom. The van der Waals surface area contributed by atoms with Gasteiger partial charge >= 0.3 is 7.82 Å². The average Bonchev–Trinajstić information content (AvgIpc) is 2.78. The molecule has 0 saturated heterocycles. The van der Waals surface area contributed by atoms with E-state index in [-0.39, 0.29) is 6.61 Å². The van der Waals surface area contributed by atoms with E-state index < -0.39 is 26.8 Å². The largest absolute Gasteiger partial charge is 0.474 e. The second-order valence-electron chi connectivity index (χ2n) is 8.49. The van der Waals surface area contributed by atoms with Crippen LogP contribution < -0.4 is 5.73 Å². The average molecular weight is 547 g/mol. The standard InChI is InChI=1S/C23H49BrNO6P/c1-2-3-4-5-6-7-8-9-10-11-12-13-14-15-16-17-19-29-23(22(25)21-26)31-32(27,28)30-20-18-24/h22-23,26H,2-21,25H2,1H3,(H,27,28). The van der Waals surface area contributed by atoms with E-state index in [0.29, 0.717) is 11.9 Å². The third-order valence-corrected chi connectivity index (χ3v) is 6.72. The summed E-state index contributed by atoms with van der Waals surface area (Å²) >= 11 is 3.11. The molecule has 9 heteroatoms. The zero-order valence-corrected chi connectivity index (χ0v) is 22.7. The van der Waals surface area contributed by atoms with Gasteiger partial charge in [0, 0.05) is 11.9 Å². The summed E-state index contributed by atoms with van der Waals surface area (Å²) in [6.07, 6.45) is 19.4. The van der Waals surface area contributed by atoms with Crippen LogP contribution in [0.25, 0.3) is 0 Å². The normalized spacial score (nSPS) is 15.5. The van der Waals surface area contributed by atoms with E-state index in [9.17, 15) is 14.6 Å². The monoisotopic (exact) mass is 545 g/mol. The minimum atomic E-state index is -4.27. The molecule has 3 unspecified atom stereocenters. The highest BCUT2D eigenvalue weighted by molar-refractivity contribution is 9.09. The van der Waals surface area contributed by atoms with Crippen molar-refractivity contribution in [2.24, 2.45) is 5.73 Å². The Labute approximate surface area is 204 Å². The van der Waals surface area contributed by atoms with Crippen LogP contribution in [0.3, 0.4) is 0 Å². The van der Waals surface area contributed by atoms with Gasteiger partial charge in [0.15, 0.2) is 6.29 Å². The van der Waals surface area contributed by atoms with Crippen LogP contribution in [-0.2, 0) is 18.3 Å². The summed E-state index contributed by atoms with van der Waals surface area (Å²) in [5, 5.41) is 9.62. The number of unbranched alkanes of at least 4 members (excludes halogenated alkanes) is 15. The number of aliphatic hydroxyl groups excluding tert-OH is 1. The lowest BCUT2D eigenvalue weighted by atomic mass is 10.0. The number of nitrogens with two attached hydrogens (primary N) is 1. The van der Waals surface area contributed by atoms with Crippen LogP contribution >= 0.6 is 23.8 Å². The molecule has 0 aromatic heterocycles. The topological polar surface area (TPSA) is 111 Å². The van der Waals surface area contributed by atoms with Crippen LogP contribution in [0.4, 0.5) is 0 Å². The van der Waals surface area contributed by atoms with E-state index in [1.807, 2.05) is 0 Å². The van der Waals surface area contributed by atoms with Crippen molar-refractivity contribution >= 4 is 23.8 Å². The van der Waals surface area contributed by atoms with Crippen molar-refractivity contribution < 1.29 is 28.3 Å². The summed E-state index contributed by atoms with van der Waals surface area (Å²) in [5.74, 6) is 0. The van der Waals surface area contributed by atoms with Gasteiger partial charge in [0.2, 0.25) is 0 Å². The van der Waals surface area contributed by atoms with Crippen LogP contribution in [0.1, 0.15) is 110 Å². The molecule has 4 N–H and O–H groups in total. The van der Waals surface area contributed by atoms with Gasteiger partial charge in [-0.15, -0.1) is 0 Å². The van der Waals surface area contributed by atoms with Gasteiger partial charge in [-0.05, 0) is 6.42 Å². The molecular weight excluding hydrogens is 497 g/mol. The summed E-state index contributed by atoms with van der Waals surface area (Å²) in [5.41, 5.74) is 5.73. The fourth-order valence-electron chi connectivity index (χ4n) is 3.48. The second kappa shape index (κ2) is 23.2. The Hall–Kier alpha value is 0.470. The van der Waals surface area contributed by atoms with Gasteiger partial charge < -0.3 is 20.5 Å². The van der Waals surface area contributed by atoms with Gasteiger partial charge in [0.05, 0.1) is 19.3 Å². The highest BCUT2D eigenvalue weighted by atomic mass is 79.9. The van der Waals surface area contributed by atoms with E-state index >= 15 is 0 Å². The first-order valence-electron chi connectivity index (χ1n) is 12.7. The Kier molecular flexibility index (Phi) is 23.6. The second-order valence-corrected chi connectivity index (χ2v) is 10.7. The zero-order chi connectivity index (χ0) is 23.9. The number of phosphoric ester groups is 1. The first kappa shape index (κ1) is 32.5. The van der Waals surface area contributed by atoms with Crippen LogP contribution in [0.5, 0.6) is 0 Å². The maximum absolute atomic E-state index is 11.9. The quantitative estimate of drug-likeness (QED) is 0.0523. The molecule has 0 aliphatic rings. The van der Waals surface area contributed by atoms with E-state index in [4.69, 9.17) is 19.5 Å². The van der Waals surface area contributed by atoms with E-state index in [0.717, 1.165) is 19.3 Å². The number of hydrogen-bond acceptors (Lipinski definition) is 6. The molecule has 0 aromatic carbocycles. The van der Waals surface area contributed by atoms with Crippen LogP contribution in [0, 0.1) is 0 Å². The fraction of sp³-hybridized carbons (Fsp3) is 1.00. The number of phosphoric acid groups is 1. The maximum atomic E-state index is 11.9. The van der Waals surface area contributed by atoms with Gasteiger partial charge in [-0.2, -0.15) is 0 Å². The third-order valence-electron chi connectivity index (χ3n) is 5.41. The number of rotatable bonds is 25. The molecule has 0 radical (unpaired) electrons. The minimum absolute atomic E-state index is 0.0218. The molecule has 0 fully saturated rings. The molecule has 0 bridgehead atoms. The molecule has 0 aromatic rings. The van der Waals surface area contributed by atoms with Crippen molar-refractivity contribution in [2.45, 2.75) is 122 Å². The molecule has 0 aliphatic carbocycles. The van der Waals surface area contributed by atoms with Gasteiger partial charge in [0.25, 0.3) is 0 Å². The highest BCUT2D eigenvalue weighted by Gasteiger charge is 2.30. The maximum Gasteiger partial charge on any atom is 0.474 e. The van der Waals surface area contributed by atoms with Crippen molar-refractivity contribution in [1.29, 1.82) is 0 Å². The fourth-order valence-corrected chi connectivity index (χ4v) is 4.75. The SMILES string of the molecule is CCCCCCCCCCCCCCCCCCOC(OP(=O)(O)OCCBr)C(N)CO. The molecule has 0 spiro atoms. The summed E-state index contributed by atoms with van der Waals surface area (Å²) in [7, 11) is -4.27. The summed E-state index contributed by atoms with van der Waals surface area (Å²) in [6, 6.07) is -0.913. The molecule has 0 rings (SSSR count). The molecule has 32 heavy (non-hydrogen) atoms. The molecule has 0 saturated carbocycles.